The highest BCUT2D eigenvalue weighted by Crippen LogP contribution is 2.24. The molecule has 0 unspecified atom stereocenters. The summed E-state index contributed by atoms with van der Waals surface area (Å²) in [5.41, 5.74) is 2.27. The Morgan fingerprint density at radius 1 is 1.38 bits per heavy atom. The van der Waals surface area contributed by atoms with Crippen LogP contribution in [-0.2, 0) is 19.5 Å². The van der Waals surface area contributed by atoms with Crippen LogP contribution in [0.5, 0.6) is 0 Å². The fourth-order valence-corrected chi connectivity index (χ4v) is 2.44. The molecule has 0 saturated heterocycles. The average molecular weight is 324 g/mol. The van der Waals surface area contributed by atoms with Crippen molar-refractivity contribution in [2.75, 3.05) is 5.32 Å². The molecule has 0 fully saturated rings. The first-order chi connectivity index (χ1) is 10.1. The van der Waals surface area contributed by atoms with Crippen LogP contribution < -0.4 is 10.9 Å². The Kier molecular flexibility index (Phi) is 5.04. The minimum atomic E-state index is -0.192. The molecule has 1 heterocycles. The zero-order valence-corrected chi connectivity index (χ0v) is 13.1. The number of pyridine rings is 1. The highest BCUT2D eigenvalue weighted by molar-refractivity contribution is 6.31. The van der Waals surface area contributed by atoms with Crippen molar-refractivity contribution in [2.45, 2.75) is 12.4 Å². The molecule has 0 spiro atoms. The molecule has 0 atom stereocenters. The summed E-state index contributed by atoms with van der Waals surface area (Å²) in [6.07, 6.45) is 0. The number of nitrogens with zero attached hydrogens (tertiary/aromatic N) is 2. The number of rotatable bonds is 5. The number of hydrogen-bond donors (Lipinski definition) is 1. The predicted octanol–water partition coefficient (Wildman–Crippen LogP) is 3.72. The van der Waals surface area contributed by atoms with E-state index in [1.54, 1.807) is 19.2 Å². The molecule has 0 amide bonds. The molecule has 0 aliphatic rings. The monoisotopic (exact) mass is 323 g/mol. The first-order valence-corrected chi connectivity index (χ1v) is 7.22. The van der Waals surface area contributed by atoms with Crippen molar-refractivity contribution in [2.24, 2.45) is 12.0 Å². The summed E-state index contributed by atoms with van der Waals surface area (Å²) in [5.74, 6) is 0.235. The Morgan fingerprint density at radius 3 is 2.71 bits per heavy atom. The van der Waals surface area contributed by atoms with E-state index in [2.05, 4.69) is 17.0 Å². The standard InChI is InChI=1S/C15H15Cl2N3O/c1-18-13-7-11(8-16)20(2)15(21)14(13)19-9-10-5-3-4-6-12(10)17/h3-7,19H,1,8-9H2,2H3. The predicted molar refractivity (Wildman–Crippen MR) is 89.2 cm³/mol. The van der Waals surface area contributed by atoms with Crippen molar-refractivity contribution < 1.29 is 0 Å². The van der Waals surface area contributed by atoms with E-state index >= 15 is 0 Å². The molecular weight excluding hydrogens is 309 g/mol. The van der Waals surface area contributed by atoms with Crippen molar-refractivity contribution in [1.82, 2.24) is 4.57 Å². The van der Waals surface area contributed by atoms with E-state index < -0.39 is 0 Å². The molecule has 21 heavy (non-hydrogen) atoms. The van der Waals surface area contributed by atoms with Gasteiger partial charge in [-0.3, -0.25) is 9.79 Å². The van der Waals surface area contributed by atoms with E-state index in [0.29, 0.717) is 28.6 Å². The van der Waals surface area contributed by atoms with Gasteiger partial charge in [-0.25, -0.2) is 0 Å². The summed E-state index contributed by atoms with van der Waals surface area (Å²) in [4.78, 5) is 16.3. The second kappa shape index (κ2) is 6.78. The summed E-state index contributed by atoms with van der Waals surface area (Å²) in [6, 6.07) is 9.20. The Bertz CT molecular complexity index is 725. The first kappa shape index (κ1) is 15.6. The summed E-state index contributed by atoms with van der Waals surface area (Å²) < 4.78 is 1.50. The van der Waals surface area contributed by atoms with Gasteiger partial charge >= 0.3 is 0 Å². The normalized spacial score (nSPS) is 10.4. The molecule has 0 bridgehead atoms. The third-order valence-corrected chi connectivity index (χ3v) is 3.87. The zero-order chi connectivity index (χ0) is 15.4. The molecule has 0 aliphatic carbocycles. The maximum Gasteiger partial charge on any atom is 0.276 e. The van der Waals surface area contributed by atoms with Gasteiger partial charge in [-0.2, -0.15) is 0 Å². The molecule has 0 saturated carbocycles. The molecule has 6 heteroatoms. The lowest BCUT2D eigenvalue weighted by Gasteiger charge is -2.13. The van der Waals surface area contributed by atoms with Crippen molar-refractivity contribution in [3.05, 3.63) is 57.0 Å². The van der Waals surface area contributed by atoms with Crippen LogP contribution in [0, 0.1) is 0 Å². The van der Waals surface area contributed by atoms with Gasteiger partial charge in [0.1, 0.15) is 5.69 Å². The number of hydrogen-bond acceptors (Lipinski definition) is 3. The van der Waals surface area contributed by atoms with Crippen LogP contribution in [0.25, 0.3) is 0 Å². The quantitative estimate of drug-likeness (QED) is 0.673. The average Bonchev–Trinajstić information content (AvgIpc) is 2.50. The second-order valence-corrected chi connectivity index (χ2v) is 5.17. The summed E-state index contributed by atoms with van der Waals surface area (Å²) >= 11 is 11.9. The minimum absolute atomic E-state index is 0.192. The number of halogens is 2. The third-order valence-electron chi connectivity index (χ3n) is 3.23. The van der Waals surface area contributed by atoms with E-state index in [9.17, 15) is 4.79 Å². The van der Waals surface area contributed by atoms with Gasteiger partial charge in [0.2, 0.25) is 0 Å². The zero-order valence-electron chi connectivity index (χ0n) is 11.6. The van der Waals surface area contributed by atoms with E-state index in [4.69, 9.17) is 23.2 Å². The minimum Gasteiger partial charge on any atom is -0.375 e. The number of alkyl halides is 1. The second-order valence-electron chi connectivity index (χ2n) is 4.50. The van der Waals surface area contributed by atoms with Crippen LogP contribution in [0.4, 0.5) is 11.4 Å². The lowest BCUT2D eigenvalue weighted by atomic mass is 10.2. The van der Waals surface area contributed by atoms with Gasteiger partial charge < -0.3 is 9.88 Å². The largest absolute Gasteiger partial charge is 0.375 e. The fourth-order valence-electron chi connectivity index (χ4n) is 1.98. The lowest BCUT2D eigenvalue weighted by molar-refractivity contribution is 0.811. The Hall–Kier alpha value is -1.78. The number of nitrogens with one attached hydrogen (secondary N) is 1. The SMILES string of the molecule is C=Nc1cc(CCl)n(C)c(=O)c1NCc1ccccc1Cl. The third kappa shape index (κ3) is 3.28. The lowest BCUT2D eigenvalue weighted by Crippen LogP contribution is -2.23. The van der Waals surface area contributed by atoms with Crippen molar-refractivity contribution in [3.63, 3.8) is 0 Å². The van der Waals surface area contributed by atoms with E-state index in [0.717, 1.165) is 5.56 Å². The number of anilines is 1. The van der Waals surface area contributed by atoms with Crippen LogP contribution in [0.2, 0.25) is 5.02 Å². The summed E-state index contributed by atoms with van der Waals surface area (Å²) in [5, 5.41) is 3.73. The van der Waals surface area contributed by atoms with Crippen LogP contribution >= 0.6 is 23.2 Å². The molecule has 2 aromatic rings. The van der Waals surface area contributed by atoms with Gasteiger partial charge in [0.05, 0.1) is 11.6 Å². The number of aromatic nitrogens is 1. The summed E-state index contributed by atoms with van der Waals surface area (Å²) in [6.45, 7) is 3.93. The maximum absolute atomic E-state index is 12.4. The van der Waals surface area contributed by atoms with Gasteiger partial charge in [0, 0.05) is 24.3 Å². The first-order valence-electron chi connectivity index (χ1n) is 6.31. The van der Waals surface area contributed by atoms with Crippen LogP contribution in [0.1, 0.15) is 11.3 Å². The smallest absolute Gasteiger partial charge is 0.276 e. The van der Waals surface area contributed by atoms with Gasteiger partial charge in [-0.05, 0) is 24.4 Å². The van der Waals surface area contributed by atoms with E-state index in [-0.39, 0.29) is 11.4 Å². The van der Waals surface area contributed by atoms with Crippen molar-refractivity contribution in [3.8, 4) is 0 Å². The molecule has 1 aromatic carbocycles. The molecule has 0 aliphatic heterocycles. The van der Waals surface area contributed by atoms with E-state index in [1.165, 1.54) is 4.57 Å². The van der Waals surface area contributed by atoms with Crippen LogP contribution in [0.15, 0.2) is 40.1 Å². The molecule has 4 nitrogen and oxygen atoms in total. The van der Waals surface area contributed by atoms with Gasteiger partial charge in [-0.15, -0.1) is 11.6 Å². The summed E-state index contributed by atoms with van der Waals surface area (Å²) in [7, 11) is 1.67. The highest BCUT2D eigenvalue weighted by atomic mass is 35.5. The maximum atomic E-state index is 12.4. The number of benzene rings is 1. The van der Waals surface area contributed by atoms with Crippen molar-refractivity contribution >= 4 is 41.3 Å². The van der Waals surface area contributed by atoms with Crippen molar-refractivity contribution in [1.29, 1.82) is 0 Å². The van der Waals surface area contributed by atoms with Gasteiger partial charge in [0.15, 0.2) is 0 Å². The van der Waals surface area contributed by atoms with Gasteiger partial charge in [-0.1, -0.05) is 29.8 Å². The van der Waals surface area contributed by atoms with Gasteiger partial charge in [0.25, 0.3) is 5.56 Å². The Morgan fingerprint density at radius 2 is 2.10 bits per heavy atom. The topological polar surface area (TPSA) is 46.4 Å². The highest BCUT2D eigenvalue weighted by Gasteiger charge is 2.12. The Labute approximate surface area is 133 Å². The van der Waals surface area contributed by atoms with Crippen LogP contribution in [0.3, 0.4) is 0 Å². The van der Waals surface area contributed by atoms with Crippen LogP contribution in [-0.4, -0.2) is 11.3 Å². The molecular formula is C15H15Cl2N3O. The fraction of sp³-hybridized carbons (Fsp3) is 0.200. The molecule has 1 aromatic heterocycles. The molecule has 110 valence electrons. The molecule has 1 N–H and O–H groups in total. The molecule has 2 rings (SSSR count). The number of aliphatic imine (C=N–C) groups is 1. The Balaban J connectivity index is 2.36. The van der Waals surface area contributed by atoms with E-state index in [1.807, 2.05) is 18.2 Å². The molecule has 0 radical (unpaired) electrons.